The van der Waals surface area contributed by atoms with Gasteiger partial charge in [0.2, 0.25) is 5.91 Å². The summed E-state index contributed by atoms with van der Waals surface area (Å²) in [7, 11) is 0. The topological polar surface area (TPSA) is 64.9 Å². The largest absolute Gasteiger partial charge is 0.375 e. The molecule has 0 bridgehead atoms. The maximum atomic E-state index is 11.7. The second-order valence-corrected chi connectivity index (χ2v) is 5.17. The van der Waals surface area contributed by atoms with Crippen molar-refractivity contribution in [1.82, 2.24) is 5.32 Å². The van der Waals surface area contributed by atoms with E-state index in [1.54, 1.807) is 18.2 Å². The number of carbonyl (C=O) groups excluding carboxylic acids is 1. The van der Waals surface area contributed by atoms with E-state index in [2.05, 4.69) is 10.6 Å². The van der Waals surface area contributed by atoms with Crippen LogP contribution in [0, 0.1) is 17.2 Å². The van der Waals surface area contributed by atoms with Crippen LogP contribution in [-0.2, 0) is 4.79 Å². The van der Waals surface area contributed by atoms with Gasteiger partial charge in [-0.15, -0.1) is 0 Å². The maximum absolute atomic E-state index is 11.7. The summed E-state index contributed by atoms with van der Waals surface area (Å²) in [6, 6.07) is 7.05. The van der Waals surface area contributed by atoms with Crippen molar-refractivity contribution in [2.45, 2.75) is 26.8 Å². The Morgan fingerprint density at radius 2 is 2.11 bits per heavy atom. The molecule has 2 N–H and O–H groups in total. The van der Waals surface area contributed by atoms with Gasteiger partial charge in [-0.25, -0.2) is 0 Å². The summed E-state index contributed by atoms with van der Waals surface area (Å²) < 4.78 is 0. The molecular formula is C14H18ClN3O. The van der Waals surface area contributed by atoms with Crippen molar-refractivity contribution in [2.24, 2.45) is 5.92 Å². The van der Waals surface area contributed by atoms with Crippen molar-refractivity contribution in [3.05, 3.63) is 28.8 Å². The van der Waals surface area contributed by atoms with Crippen molar-refractivity contribution >= 4 is 23.2 Å². The molecule has 5 heteroatoms. The average Bonchev–Trinajstić information content (AvgIpc) is 2.37. The SMILES string of the molecule is CC(C)C(C)NC(=O)CNc1cc(C#N)ccc1Cl. The standard InChI is InChI=1S/C14H18ClN3O/c1-9(2)10(3)18-14(19)8-17-13-6-11(7-16)4-5-12(13)15/h4-6,9-10,17H,8H2,1-3H3,(H,18,19). The number of hydrogen-bond donors (Lipinski definition) is 2. The summed E-state index contributed by atoms with van der Waals surface area (Å²) in [6.07, 6.45) is 0. The molecule has 0 saturated carbocycles. The number of anilines is 1. The van der Waals surface area contributed by atoms with Gasteiger partial charge in [0.15, 0.2) is 0 Å². The smallest absolute Gasteiger partial charge is 0.239 e. The van der Waals surface area contributed by atoms with E-state index in [1.165, 1.54) is 0 Å². The fourth-order valence-electron chi connectivity index (χ4n) is 1.38. The van der Waals surface area contributed by atoms with Crippen LogP contribution in [0.2, 0.25) is 5.02 Å². The van der Waals surface area contributed by atoms with Crippen molar-refractivity contribution in [1.29, 1.82) is 5.26 Å². The molecule has 0 aliphatic heterocycles. The number of benzene rings is 1. The number of nitriles is 1. The summed E-state index contributed by atoms with van der Waals surface area (Å²) >= 11 is 5.99. The number of nitrogens with zero attached hydrogens (tertiary/aromatic N) is 1. The van der Waals surface area contributed by atoms with Gasteiger partial charge in [-0.2, -0.15) is 5.26 Å². The Labute approximate surface area is 118 Å². The Kier molecular flexibility index (Phi) is 5.65. The van der Waals surface area contributed by atoms with Crippen LogP contribution in [0.5, 0.6) is 0 Å². The zero-order valence-corrected chi connectivity index (χ0v) is 12.1. The second kappa shape index (κ2) is 7.01. The quantitative estimate of drug-likeness (QED) is 0.871. The highest BCUT2D eigenvalue weighted by Gasteiger charge is 2.11. The molecule has 1 atom stereocenters. The molecule has 4 nitrogen and oxygen atoms in total. The molecule has 0 aliphatic rings. The van der Waals surface area contributed by atoms with E-state index in [-0.39, 0.29) is 18.5 Å². The third-order valence-electron chi connectivity index (χ3n) is 2.92. The molecule has 1 rings (SSSR count). The summed E-state index contributed by atoms with van der Waals surface area (Å²) in [4.78, 5) is 11.7. The minimum Gasteiger partial charge on any atom is -0.375 e. The first-order valence-corrected chi connectivity index (χ1v) is 6.54. The molecule has 102 valence electrons. The summed E-state index contributed by atoms with van der Waals surface area (Å²) in [6.45, 7) is 6.19. The molecule has 0 fully saturated rings. The van der Waals surface area contributed by atoms with Gasteiger partial charge < -0.3 is 10.6 Å². The molecule has 1 aromatic carbocycles. The maximum Gasteiger partial charge on any atom is 0.239 e. The Morgan fingerprint density at radius 3 is 2.68 bits per heavy atom. The Balaban J connectivity index is 2.57. The summed E-state index contributed by atoms with van der Waals surface area (Å²) in [5, 5.41) is 15.1. The molecule has 0 spiro atoms. The van der Waals surface area contributed by atoms with E-state index in [1.807, 2.05) is 26.8 Å². The first-order chi connectivity index (χ1) is 8.93. The van der Waals surface area contributed by atoms with Crippen LogP contribution in [-0.4, -0.2) is 18.5 Å². The van der Waals surface area contributed by atoms with Gasteiger partial charge in [0.1, 0.15) is 0 Å². The molecule has 1 unspecified atom stereocenters. The highest BCUT2D eigenvalue weighted by molar-refractivity contribution is 6.33. The van der Waals surface area contributed by atoms with Crippen LogP contribution >= 0.6 is 11.6 Å². The third-order valence-corrected chi connectivity index (χ3v) is 3.25. The monoisotopic (exact) mass is 279 g/mol. The fraction of sp³-hybridized carbons (Fsp3) is 0.429. The third kappa shape index (κ3) is 4.80. The molecule has 1 aromatic rings. The number of halogens is 1. The Bertz CT molecular complexity index is 494. The minimum absolute atomic E-state index is 0.0976. The van der Waals surface area contributed by atoms with Crippen molar-refractivity contribution in [2.75, 3.05) is 11.9 Å². The van der Waals surface area contributed by atoms with Gasteiger partial charge in [0, 0.05) is 6.04 Å². The number of hydrogen-bond acceptors (Lipinski definition) is 3. The van der Waals surface area contributed by atoms with E-state index in [9.17, 15) is 4.79 Å². The summed E-state index contributed by atoms with van der Waals surface area (Å²) in [5.41, 5.74) is 1.09. The number of carbonyl (C=O) groups is 1. The molecule has 0 aliphatic carbocycles. The second-order valence-electron chi connectivity index (χ2n) is 4.76. The highest BCUT2D eigenvalue weighted by Crippen LogP contribution is 2.22. The summed E-state index contributed by atoms with van der Waals surface area (Å²) in [5.74, 6) is 0.286. The highest BCUT2D eigenvalue weighted by atomic mass is 35.5. The lowest BCUT2D eigenvalue weighted by Crippen LogP contribution is -2.39. The minimum atomic E-state index is -0.0976. The van der Waals surface area contributed by atoms with E-state index in [0.29, 0.717) is 22.2 Å². The normalized spacial score (nSPS) is 11.8. The van der Waals surface area contributed by atoms with Gasteiger partial charge >= 0.3 is 0 Å². The van der Waals surface area contributed by atoms with Gasteiger partial charge in [0.25, 0.3) is 0 Å². The molecule has 0 radical (unpaired) electrons. The number of nitrogens with one attached hydrogen (secondary N) is 2. The average molecular weight is 280 g/mol. The van der Waals surface area contributed by atoms with E-state index in [4.69, 9.17) is 16.9 Å². The first kappa shape index (κ1) is 15.3. The lowest BCUT2D eigenvalue weighted by atomic mass is 10.1. The van der Waals surface area contributed by atoms with E-state index >= 15 is 0 Å². The van der Waals surface area contributed by atoms with Crippen molar-refractivity contribution in [3.63, 3.8) is 0 Å². The lowest BCUT2D eigenvalue weighted by molar-refractivity contribution is -0.120. The number of amides is 1. The number of rotatable bonds is 5. The zero-order chi connectivity index (χ0) is 14.4. The fourth-order valence-corrected chi connectivity index (χ4v) is 1.56. The molecule has 19 heavy (non-hydrogen) atoms. The molecule has 1 amide bonds. The van der Waals surface area contributed by atoms with E-state index < -0.39 is 0 Å². The Hall–Kier alpha value is -1.73. The molecule has 0 aromatic heterocycles. The van der Waals surface area contributed by atoms with Crippen LogP contribution < -0.4 is 10.6 Å². The van der Waals surface area contributed by atoms with Crippen LogP contribution in [0.3, 0.4) is 0 Å². The van der Waals surface area contributed by atoms with Gasteiger partial charge in [-0.1, -0.05) is 25.4 Å². The molecule has 0 heterocycles. The van der Waals surface area contributed by atoms with E-state index in [0.717, 1.165) is 0 Å². The van der Waals surface area contributed by atoms with Gasteiger partial charge in [-0.05, 0) is 31.0 Å². The first-order valence-electron chi connectivity index (χ1n) is 6.17. The van der Waals surface area contributed by atoms with Crippen molar-refractivity contribution in [3.8, 4) is 6.07 Å². The molecule has 0 saturated heterocycles. The van der Waals surface area contributed by atoms with Crippen LogP contribution in [0.25, 0.3) is 0 Å². The van der Waals surface area contributed by atoms with Gasteiger partial charge in [0.05, 0.1) is 28.9 Å². The van der Waals surface area contributed by atoms with Crippen LogP contribution in [0.15, 0.2) is 18.2 Å². The molecular weight excluding hydrogens is 262 g/mol. The predicted molar refractivity (Wildman–Crippen MR) is 77.1 cm³/mol. The van der Waals surface area contributed by atoms with Crippen LogP contribution in [0.1, 0.15) is 26.3 Å². The van der Waals surface area contributed by atoms with Crippen LogP contribution in [0.4, 0.5) is 5.69 Å². The van der Waals surface area contributed by atoms with Crippen molar-refractivity contribution < 1.29 is 4.79 Å². The Morgan fingerprint density at radius 1 is 1.42 bits per heavy atom. The van der Waals surface area contributed by atoms with Gasteiger partial charge in [-0.3, -0.25) is 4.79 Å². The lowest BCUT2D eigenvalue weighted by Gasteiger charge is -2.18. The predicted octanol–water partition coefficient (Wildman–Crippen LogP) is 2.78. The zero-order valence-electron chi connectivity index (χ0n) is 11.3.